The molecule has 5 nitrogen and oxygen atoms in total. The highest BCUT2D eigenvalue weighted by molar-refractivity contribution is 5.92. The summed E-state index contributed by atoms with van der Waals surface area (Å²) in [4.78, 5) is 14.2. The number of methoxy groups -OCH3 is 1. The fraction of sp³-hybridized carbons (Fsp3) is 0.714. The van der Waals surface area contributed by atoms with Crippen LogP contribution in [0.2, 0.25) is 0 Å². The van der Waals surface area contributed by atoms with E-state index in [-0.39, 0.29) is 5.91 Å². The molecule has 3 rings (SSSR count). The molecule has 2 heterocycles. The highest BCUT2D eigenvalue weighted by Gasteiger charge is 2.42. The summed E-state index contributed by atoms with van der Waals surface area (Å²) in [5, 5.41) is 3.87. The maximum Gasteiger partial charge on any atom is 0.276 e. The van der Waals surface area contributed by atoms with E-state index in [9.17, 15) is 4.79 Å². The Morgan fingerprint density at radius 1 is 1.47 bits per heavy atom. The number of likely N-dealkylation sites (tertiary alicyclic amines) is 1. The molecule has 2 aliphatic rings. The summed E-state index contributed by atoms with van der Waals surface area (Å²) in [6.07, 6.45) is 3.29. The standard InChI is InChI=1S/C14H20N2O3/c1-3-11-6-13(15-19-11)14(17)16-7-9-4-12(18-2)5-10(9)8-16/h6,9-10,12H,3-5,7-8H2,1-2H3/t9-,10+,12?. The number of hydrogen-bond donors (Lipinski definition) is 0. The molecule has 1 aliphatic heterocycles. The predicted molar refractivity (Wildman–Crippen MR) is 68.8 cm³/mol. The maximum atomic E-state index is 12.3. The lowest BCUT2D eigenvalue weighted by molar-refractivity contribution is 0.0722. The average Bonchev–Trinajstić information content (AvgIpc) is 3.10. The molecular weight excluding hydrogens is 244 g/mol. The highest BCUT2D eigenvalue weighted by atomic mass is 16.5. The van der Waals surface area contributed by atoms with E-state index in [2.05, 4.69) is 5.16 Å². The summed E-state index contributed by atoms with van der Waals surface area (Å²) >= 11 is 0. The van der Waals surface area contributed by atoms with Crippen molar-refractivity contribution in [2.75, 3.05) is 20.2 Å². The maximum absolute atomic E-state index is 12.3. The van der Waals surface area contributed by atoms with Crippen LogP contribution < -0.4 is 0 Å². The van der Waals surface area contributed by atoms with Crippen LogP contribution in [0.25, 0.3) is 0 Å². The Balaban J connectivity index is 1.64. The zero-order valence-electron chi connectivity index (χ0n) is 11.5. The quantitative estimate of drug-likeness (QED) is 0.834. The van der Waals surface area contributed by atoms with Crippen LogP contribution in [0.3, 0.4) is 0 Å². The van der Waals surface area contributed by atoms with Crippen LogP contribution >= 0.6 is 0 Å². The van der Waals surface area contributed by atoms with Crippen molar-refractivity contribution in [1.29, 1.82) is 0 Å². The summed E-state index contributed by atoms with van der Waals surface area (Å²) in [7, 11) is 1.77. The molecule has 0 N–H and O–H groups in total. The first-order valence-corrected chi connectivity index (χ1v) is 6.99. The molecule has 1 amide bonds. The monoisotopic (exact) mass is 264 g/mol. The van der Waals surface area contributed by atoms with Crippen LogP contribution in [-0.2, 0) is 11.2 Å². The molecule has 1 saturated heterocycles. The van der Waals surface area contributed by atoms with Gasteiger partial charge < -0.3 is 14.2 Å². The fourth-order valence-corrected chi connectivity index (χ4v) is 3.35. The molecule has 1 aromatic rings. The van der Waals surface area contributed by atoms with E-state index in [0.717, 1.165) is 38.1 Å². The second-order valence-electron chi connectivity index (χ2n) is 5.59. The molecule has 0 aromatic carbocycles. The molecule has 1 unspecified atom stereocenters. The summed E-state index contributed by atoms with van der Waals surface area (Å²) in [5.41, 5.74) is 0.445. The van der Waals surface area contributed by atoms with Gasteiger partial charge in [-0.2, -0.15) is 0 Å². The number of carbonyl (C=O) groups is 1. The van der Waals surface area contributed by atoms with Gasteiger partial charge in [0.25, 0.3) is 5.91 Å². The normalized spacial score (nSPS) is 29.8. The lowest BCUT2D eigenvalue weighted by atomic mass is 10.0. The van der Waals surface area contributed by atoms with Gasteiger partial charge >= 0.3 is 0 Å². The summed E-state index contributed by atoms with van der Waals surface area (Å²) in [6, 6.07) is 1.76. The Hall–Kier alpha value is -1.36. The second kappa shape index (κ2) is 4.96. The van der Waals surface area contributed by atoms with Crippen molar-refractivity contribution in [3.63, 3.8) is 0 Å². The van der Waals surface area contributed by atoms with E-state index >= 15 is 0 Å². The molecule has 0 spiro atoms. The number of nitrogens with zero attached hydrogens (tertiary/aromatic N) is 2. The SMILES string of the molecule is CCc1cc(C(=O)N2C[C@H]3CC(OC)C[C@H]3C2)no1. The van der Waals surface area contributed by atoms with Crippen molar-refractivity contribution < 1.29 is 14.1 Å². The molecule has 0 bridgehead atoms. The first-order chi connectivity index (χ1) is 9.21. The van der Waals surface area contributed by atoms with Crippen LogP contribution in [0.15, 0.2) is 10.6 Å². The van der Waals surface area contributed by atoms with Crippen molar-refractivity contribution in [2.45, 2.75) is 32.3 Å². The third-order valence-electron chi connectivity index (χ3n) is 4.45. The van der Waals surface area contributed by atoms with Crippen LogP contribution in [0.4, 0.5) is 0 Å². The first-order valence-electron chi connectivity index (χ1n) is 6.99. The molecule has 104 valence electrons. The number of ether oxygens (including phenoxy) is 1. The van der Waals surface area contributed by atoms with Crippen molar-refractivity contribution in [1.82, 2.24) is 10.1 Å². The number of hydrogen-bond acceptors (Lipinski definition) is 4. The van der Waals surface area contributed by atoms with Gasteiger partial charge in [-0.15, -0.1) is 0 Å². The molecule has 3 atom stereocenters. The number of aromatic nitrogens is 1. The molecule has 2 fully saturated rings. The minimum absolute atomic E-state index is 0.00631. The van der Waals surface area contributed by atoms with Crippen LogP contribution in [0, 0.1) is 11.8 Å². The molecule has 0 radical (unpaired) electrons. The predicted octanol–water partition coefficient (Wildman–Crippen LogP) is 1.73. The van der Waals surface area contributed by atoms with Gasteiger partial charge in [-0.05, 0) is 24.7 Å². The molecule has 1 aromatic heterocycles. The first kappa shape index (κ1) is 12.7. The Labute approximate surface area is 112 Å². The number of amides is 1. The topological polar surface area (TPSA) is 55.6 Å². The summed E-state index contributed by atoms with van der Waals surface area (Å²) in [5.74, 6) is 1.95. The highest BCUT2D eigenvalue weighted by Crippen LogP contribution is 2.39. The van der Waals surface area contributed by atoms with E-state index in [0.29, 0.717) is 23.6 Å². The zero-order chi connectivity index (χ0) is 13.4. The molecular formula is C14H20N2O3. The Morgan fingerprint density at radius 2 is 2.16 bits per heavy atom. The van der Waals surface area contributed by atoms with Crippen molar-refractivity contribution in [2.24, 2.45) is 11.8 Å². The van der Waals surface area contributed by atoms with Crippen LogP contribution in [0.1, 0.15) is 36.0 Å². The summed E-state index contributed by atoms with van der Waals surface area (Å²) in [6.45, 7) is 3.65. The Morgan fingerprint density at radius 3 is 2.68 bits per heavy atom. The van der Waals surface area contributed by atoms with Gasteiger partial charge in [-0.1, -0.05) is 12.1 Å². The van der Waals surface area contributed by atoms with E-state index in [1.165, 1.54) is 0 Å². The second-order valence-corrected chi connectivity index (χ2v) is 5.59. The van der Waals surface area contributed by atoms with Crippen molar-refractivity contribution in [3.8, 4) is 0 Å². The van der Waals surface area contributed by atoms with Gasteiger partial charge in [0.15, 0.2) is 5.69 Å². The van der Waals surface area contributed by atoms with E-state index in [1.807, 2.05) is 11.8 Å². The van der Waals surface area contributed by atoms with Gasteiger partial charge in [0.1, 0.15) is 5.76 Å². The third-order valence-corrected chi connectivity index (χ3v) is 4.45. The van der Waals surface area contributed by atoms with Crippen molar-refractivity contribution in [3.05, 3.63) is 17.5 Å². The third kappa shape index (κ3) is 2.27. The van der Waals surface area contributed by atoms with Gasteiger partial charge in [0.05, 0.1) is 6.10 Å². The lowest BCUT2D eigenvalue weighted by Crippen LogP contribution is -2.30. The molecule has 1 saturated carbocycles. The number of carbonyl (C=O) groups excluding carboxylic acids is 1. The van der Waals surface area contributed by atoms with Crippen LogP contribution in [0.5, 0.6) is 0 Å². The summed E-state index contributed by atoms with van der Waals surface area (Å²) < 4.78 is 10.5. The van der Waals surface area contributed by atoms with Crippen LogP contribution in [-0.4, -0.2) is 42.3 Å². The Kier molecular flexibility index (Phi) is 3.31. The molecule has 1 aliphatic carbocycles. The fourth-order valence-electron chi connectivity index (χ4n) is 3.35. The van der Waals surface area contributed by atoms with E-state index in [4.69, 9.17) is 9.26 Å². The smallest absolute Gasteiger partial charge is 0.276 e. The Bertz CT molecular complexity index is 457. The minimum atomic E-state index is 0.00631. The van der Waals surface area contributed by atoms with Gasteiger partial charge in [0.2, 0.25) is 0 Å². The van der Waals surface area contributed by atoms with E-state index < -0.39 is 0 Å². The molecule has 19 heavy (non-hydrogen) atoms. The van der Waals surface area contributed by atoms with Gasteiger partial charge in [-0.3, -0.25) is 4.79 Å². The van der Waals surface area contributed by atoms with Crippen molar-refractivity contribution >= 4 is 5.91 Å². The van der Waals surface area contributed by atoms with E-state index in [1.54, 1.807) is 13.2 Å². The molecule has 5 heteroatoms. The largest absolute Gasteiger partial charge is 0.381 e. The number of rotatable bonds is 3. The minimum Gasteiger partial charge on any atom is -0.381 e. The zero-order valence-corrected chi connectivity index (χ0v) is 11.5. The lowest BCUT2D eigenvalue weighted by Gasteiger charge is -2.17. The van der Waals surface area contributed by atoms with Gasteiger partial charge in [-0.25, -0.2) is 0 Å². The average molecular weight is 264 g/mol. The number of aryl methyl sites for hydroxylation is 1. The number of fused-ring (bicyclic) bond motifs is 1. The van der Waals surface area contributed by atoms with Gasteiger partial charge in [0, 0.05) is 32.7 Å².